The zero-order chi connectivity index (χ0) is 6.53. The van der Waals surface area contributed by atoms with E-state index in [-0.39, 0.29) is 0 Å². The Kier molecular flexibility index (Phi) is 3.01. The van der Waals surface area contributed by atoms with E-state index in [2.05, 4.69) is 11.4 Å². The summed E-state index contributed by atoms with van der Waals surface area (Å²) in [4.78, 5) is 2.24. The predicted octanol–water partition coefficient (Wildman–Crippen LogP) is 0.470. The molecular weight excluding hydrogens is 112 g/mol. The molecule has 1 heterocycles. The first-order chi connectivity index (χ1) is 4.43. The lowest BCUT2D eigenvalue weighted by molar-refractivity contribution is 0.401. The van der Waals surface area contributed by atoms with Crippen molar-refractivity contribution in [2.45, 2.75) is 19.3 Å². The summed E-state index contributed by atoms with van der Waals surface area (Å²) in [5.41, 5.74) is 5.32. The predicted molar refractivity (Wildman–Crippen MR) is 37.7 cm³/mol. The van der Waals surface area contributed by atoms with Crippen molar-refractivity contribution in [3.8, 4) is 0 Å². The van der Waals surface area contributed by atoms with E-state index in [9.17, 15) is 0 Å². The first-order valence-electron chi connectivity index (χ1n) is 3.62. The molecule has 0 aromatic carbocycles. The molecule has 0 atom stereocenters. The van der Waals surface area contributed by atoms with Crippen LogP contribution in [-0.4, -0.2) is 24.5 Å². The molecule has 0 aromatic rings. The van der Waals surface area contributed by atoms with Gasteiger partial charge in [-0.3, -0.25) is 4.90 Å². The Hall–Kier alpha value is -0.0800. The molecule has 2 nitrogen and oxygen atoms in total. The van der Waals surface area contributed by atoms with Gasteiger partial charge >= 0.3 is 0 Å². The molecule has 0 unspecified atom stereocenters. The molecule has 0 spiro atoms. The number of nitrogens with zero attached hydrogens (tertiary/aromatic N) is 1. The van der Waals surface area contributed by atoms with Crippen LogP contribution in [0, 0.1) is 6.54 Å². The largest absolute Gasteiger partial charge is 0.330 e. The molecule has 2 heteroatoms. The lowest BCUT2D eigenvalue weighted by Crippen LogP contribution is -2.17. The average molecular weight is 126 g/mol. The summed E-state index contributed by atoms with van der Waals surface area (Å²) in [5, 5.41) is 0. The van der Waals surface area contributed by atoms with Crippen molar-refractivity contribution < 1.29 is 0 Å². The van der Waals surface area contributed by atoms with E-state index in [4.69, 9.17) is 5.73 Å². The maximum absolute atomic E-state index is 5.32. The smallest absolute Gasteiger partial charge is 0.0628 e. The highest BCUT2D eigenvalue weighted by Crippen LogP contribution is 2.09. The summed E-state index contributed by atoms with van der Waals surface area (Å²) in [6.45, 7) is 6.36. The van der Waals surface area contributed by atoms with Gasteiger partial charge in [-0.1, -0.05) is 0 Å². The summed E-state index contributed by atoms with van der Waals surface area (Å²) < 4.78 is 0. The normalized spacial score (nSPS) is 21.0. The quantitative estimate of drug-likeness (QED) is 0.595. The van der Waals surface area contributed by atoms with Crippen LogP contribution in [0.25, 0.3) is 0 Å². The standard InChI is InChI=1S/C7H14N2/c8-4-3-7-9-5-1-2-6-9/h1-6,8H2. The van der Waals surface area contributed by atoms with Crippen molar-refractivity contribution in [1.82, 2.24) is 4.90 Å². The third-order valence-electron chi connectivity index (χ3n) is 1.59. The Morgan fingerprint density at radius 2 is 2.00 bits per heavy atom. The molecule has 9 heavy (non-hydrogen) atoms. The highest BCUT2D eigenvalue weighted by molar-refractivity contribution is 4.73. The zero-order valence-corrected chi connectivity index (χ0v) is 5.77. The van der Waals surface area contributed by atoms with Crippen LogP contribution in [0.1, 0.15) is 19.3 Å². The van der Waals surface area contributed by atoms with Crippen molar-refractivity contribution in [2.24, 2.45) is 5.73 Å². The summed E-state index contributed by atoms with van der Waals surface area (Å²) in [6.07, 6.45) is 3.58. The van der Waals surface area contributed by atoms with Gasteiger partial charge in [0.05, 0.1) is 6.54 Å². The fraction of sp³-hybridized carbons (Fsp3) is 0.857. The van der Waals surface area contributed by atoms with Gasteiger partial charge in [-0.15, -0.1) is 0 Å². The molecule has 1 saturated heterocycles. The van der Waals surface area contributed by atoms with Gasteiger partial charge in [0, 0.05) is 0 Å². The SMILES string of the molecule is NCC[C]N1CCCC1. The number of nitrogens with two attached hydrogens (primary N) is 1. The third-order valence-corrected chi connectivity index (χ3v) is 1.59. The second kappa shape index (κ2) is 3.85. The lowest BCUT2D eigenvalue weighted by Gasteiger charge is -2.10. The minimum absolute atomic E-state index is 0.733. The van der Waals surface area contributed by atoms with E-state index < -0.39 is 0 Å². The first-order valence-corrected chi connectivity index (χ1v) is 3.62. The molecule has 0 amide bonds. The fourth-order valence-corrected chi connectivity index (χ4v) is 1.10. The van der Waals surface area contributed by atoms with Crippen LogP contribution in [0.3, 0.4) is 0 Å². The summed E-state index contributed by atoms with van der Waals surface area (Å²) in [7, 11) is 0. The second-order valence-corrected chi connectivity index (χ2v) is 2.39. The van der Waals surface area contributed by atoms with Gasteiger partial charge in [-0.25, -0.2) is 0 Å². The van der Waals surface area contributed by atoms with Crippen LogP contribution < -0.4 is 5.73 Å². The molecule has 0 saturated carbocycles. The lowest BCUT2D eigenvalue weighted by atomic mass is 10.4. The Morgan fingerprint density at radius 3 is 2.56 bits per heavy atom. The molecule has 0 aliphatic carbocycles. The molecule has 1 fully saturated rings. The fourth-order valence-electron chi connectivity index (χ4n) is 1.10. The second-order valence-electron chi connectivity index (χ2n) is 2.39. The van der Waals surface area contributed by atoms with Crippen molar-refractivity contribution in [2.75, 3.05) is 19.6 Å². The van der Waals surface area contributed by atoms with Gasteiger partial charge in [-0.2, -0.15) is 0 Å². The Balaban J connectivity index is 1.98. The Labute approximate surface area is 57.0 Å². The maximum Gasteiger partial charge on any atom is 0.0628 e. The molecular formula is C7H14N2. The minimum atomic E-state index is 0.733. The number of likely N-dealkylation sites (tertiary alicyclic amines) is 1. The van der Waals surface area contributed by atoms with Crippen molar-refractivity contribution in [1.29, 1.82) is 0 Å². The van der Waals surface area contributed by atoms with Gasteiger partial charge in [-0.05, 0) is 38.9 Å². The zero-order valence-electron chi connectivity index (χ0n) is 5.77. The van der Waals surface area contributed by atoms with Crippen molar-refractivity contribution >= 4 is 0 Å². The summed E-state index contributed by atoms with van der Waals surface area (Å²) >= 11 is 0. The van der Waals surface area contributed by atoms with Crippen LogP contribution in [0.4, 0.5) is 0 Å². The Morgan fingerprint density at radius 1 is 1.33 bits per heavy atom. The van der Waals surface area contributed by atoms with Crippen molar-refractivity contribution in [3.05, 3.63) is 6.54 Å². The highest BCUT2D eigenvalue weighted by atomic mass is 15.1. The van der Waals surface area contributed by atoms with Crippen LogP contribution in [-0.2, 0) is 0 Å². The topological polar surface area (TPSA) is 29.3 Å². The molecule has 1 aliphatic rings. The molecule has 52 valence electrons. The van der Waals surface area contributed by atoms with E-state index in [0.29, 0.717) is 0 Å². The monoisotopic (exact) mass is 126 g/mol. The van der Waals surface area contributed by atoms with E-state index in [1.807, 2.05) is 0 Å². The van der Waals surface area contributed by atoms with Gasteiger partial charge in [0.2, 0.25) is 0 Å². The Bertz CT molecular complexity index is 67.3. The first kappa shape index (κ1) is 7.03. The van der Waals surface area contributed by atoms with Crippen LogP contribution in [0.2, 0.25) is 0 Å². The van der Waals surface area contributed by atoms with E-state index in [1.54, 1.807) is 0 Å². The highest BCUT2D eigenvalue weighted by Gasteiger charge is 2.10. The number of hydrogen-bond donors (Lipinski definition) is 1. The molecule has 1 aliphatic heterocycles. The van der Waals surface area contributed by atoms with Crippen LogP contribution in [0.15, 0.2) is 0 Å². The number of rotatable bonds is 3. The molecule has 0 bridgehead atoms. The summed E-state index contributed by atoms with van der Waals surface area (Å²) in [6, 6.07) is 0. The van der Waals surface area contributed by atoms with E-state index in [0.717, 1.165) is 13.0 Å². The van der Waals surface area contributed by atoms with Crippen molar-refractivity contribution in [3.63, 3.8) is 0 Å². The van der Waals surface area contributed by atoms with E-state index >= 15 is 0 Å². The van der Waals surface area contributed by atoms with Gasteiger partial charge in [0.1, 0.15) is 0 Å². The number of hydrogen-bond acceptors (Lipinski definition) is 2. The molecule has 0 aromatic heterocycles. The summed E-state index contributed by atoms with van der Waals surface area (Å²) in [5.74, 6) is 0. The minimum Gasteiger partial charge on any atom is -0.330 e. The molecule has 2 N–H and O–H groups in total. The molecule has 1 rings (SSSR count). The van der Waals surface area contributed by atoms with E-state index in [1.165, 1.54) is 25.9 Å². The third kappa shape index (κ3) is 2.33. The van der Waals surface area contributed by atoms with Crippen LogP contribution in [0.5, 0.6) is 0 Å². The maximum atomic E-state index is 5.32. The average Bonchev–Trinajstić information content (AvgIpc) is 2.34. The van der Waals surface area contributed by atoms with Gasteiger partial charge in [0.25, 0.3) is 0 Å². The van der Waals surface area contributed by atoms with Gasteiger partial charge in [0.15, 0.2) is 0 Å². The van der Waals surface area contributed by atoms with Crippen LogP contribution >= 0.6 is 0 Å². The van der Waals surface area contributed by atoms with Gasteiger partial charge < -0.3 is 5.73 Å². The molecule has 2 radical (unpaired) electrons.